The van der Waals surface area contributed by atoms with Crippen molar-refractivity contribution in [1.82, 2.24) is 20.0 Å². The molecule has 0 spiro atoms. The molecule has 0 saturated carbocycles. The molecule has 0 radical (unpaired) electrons. The van der Waals surface area contributed by atoms with Crippen molar-refractivity contribution in [1.29, 1.82) is 0 Å². The van der Waals surface area contributed by atoms with Gasteiger partial charge >= 0.3 is 0 Å². The van der Waals surface area contributed by atoms with Gasteiger partial charge in [-0.25, -0.2) is 4.68 Å². The van der Waals surface area contributed by atoms with E-state index in [4.69, 9.17) is 0 Å². The molecule has 0 bridgehead atoms. The Morgan fingerprint density at radius 2 is 2.25 bits per heavy atom. The van der Waals surface area contributed by atoms with Gasteiger partial charge in [-0.2, -0.15) is 11.8 Å². The van der Waals surface area contributed by atoms with Gasteiger partial charge in [-0.05, 0) is 36.3 Å². The molecule has 0 aliphatic carbocycles. The molecule has 5 heteroatoms. The first-order valence-corrected chi connectivity index (χ1v) is 6.80. The van der Waals surface area contributed by atoms with E-state index in [1.807, 2.05) is 10.7 Å². The average Bonchev–Trinajstić information content (AvgIpc) is 2.74. The van der Waals surface area contributed by atoms with Gasteiger partial charge in [-0.15, -0.1) is 5.10 Å². The molecule has 2 aromatic heterocycles. The molecule has 3 heterocycles. The maximum Gasteiger partial charge on any atom is 0.131 e. The highest BCUT2D eigenvalue weighted by Crippen LogP contribution is 2.24. The molecule has 0 aromatic carbocycles. The molecule has 1 fully saturated rings. The monoisotopic (exact) mass is 234 g/mol. The summed E-state index contributed by atoms with van der Waals surface area (Å²) in [5.74, 6) is 3.34. The van der Waals surface area contributed by atoms with Gasteiger partial charge in [0.15, 0.2) is 0 Å². The zero-order chi connectivity index (χ0) is 10.8. The third kappa shape index (κ3) is 1.91. The summed E-state index contributed by atoms with van der Waals surface area (Å²) in [4.78, 5) is 4.05. The Labute approximate surface area is 98.4 Å². The van der Waals surface area contributed by atoms with E-state index in [1.165, 1.54) is 24.3 Å². The molecule has 0 N–H and O–H groups in total. The summed E-state index contributed by atoms with van der Waals surface area (Å²) in [6.45, 7) is 1.00. The molecule has 0 amide bonds. The van der Waals surface area contributed by atoms with Gasteiger partial charge < -0.3 is 0 Å². The summed E-state index contributed by atoms with van der Waals surface area (Å²) in [7, 11) is 0. The zero-order valence-corrected chi connectivity index (χ0v) is 9.86. The zero-order valence-electron chi connectivity index (χ0n) is 9.04. The third-order valence-electron chi connectivity index (χ3n) is 3.09. The quantitative estimate of drug-likeness (QED) is 0.797. The lowest BCUT2D eigenvalue weighted by Gasteiger charge is -2.20. The number of aromatic nitrogens is 4. The number of pyridine rings is 1. The Balaban J connectivity index is 1.83. The Morgan fingerprint density at radius 3 is 3.12 bits per heavy atom. The summed E-state index contributed by atoms with van der Waals surface area (Å²) in [6.07, 6.45) is 6.18. The third-order valence-corrected chi connectivity index (χ3v) is 4.14. The fourth-order valence-corrected chi connectivity index (χ4v) is 3.34. The van der Waals surface area contributed by atoms with Gasteiger partial charge in [0, 0.05) is 12.7 Å². The molecule has 2 aromatic rings. The van der Waals surface area contributed by atoms with E-state index < -0.39 is 0 Å². The van der Waals surface area contributed by atoms with Gasteiger partial charge in [0.25, 0.3) is 0 Å². The van der Waals surface area contributed by atoms with Crippen LogP contribution in [0, 0.1) is 5.92 Å². The SMILES string of the molecule is c1cc2c(cn1)nnn2CC1CCSCC1. The van der Waals surface area contributed by atoms with Gasteiger partial charge in [-0.1, -0.05) is 5.21 Å². The molecule has 16 heavy (non-hydrogen) atoms. The van der Waals surface area contributed by atoms with Crippen LogP contribution >= 0.6 is 11.8 Å². The standard InChI is InChI=1S/C11H14N4S/c1-4-12-7-10-11(1)15(14-13-10)8-9-2-5-16-6-3-9/h1,4,7,9H,2-3,5-6,8H2. The lowest BCUT2D eigenvalue weighted by molar-refractivity contribution is 0.396. The maximum atomic E-state index is 4.21. The van der Waals surface area contributed by atoms with E-state index in [-0.39, 0.29) is 0 Å². The first kappa shape index (κ1) is 10.1. The minimum atomic E-state index is 0.763. The van der Waals surface area contributed by atoms with Crippen molar-refractivity contribution >= 4 is 22.8 Å². The molecule has 3 rings (SSSR count). The topological polar surface area (TPSA) is 43.6 Å². The van der Waals surface area contributed by atoms with Crippen molar-refractivity contribution in [3.05, 3.63) is 18.5 Å². The fourth-order valence-electron chi connectivity index (χ4n) is 2.13. The van der Waals surface area contributed by atoms with Crippen LogP contribution in [0.15, 0.2) is 18.5 Å². The summed E-state index contributed by atoms with van der Waals surface area (Å²) in [5, 5.41) is 8.34. The fraction of sp³-hybridized carbons (Fsp3) is 0.545. The number of hydrogen-bond donors (Lipinski definition) is 0. The number of rotatable bonds is 2. The van der Waals surface area contributed by atoms with Crippen LogP contribution < -0.4 is 0 Å². The van der Waals surface area contributed by atoms with Crippen LogP contribution in [0.25, 0.3) is 11.0 Å². The Morgan fingerprint density at radius 1 is 1.38 bits per heavy atom. The molecule has 4 nitrogen and oxygen atoms in total. The maximum absolute atomic E-state index is 4.21. The molecular formula is C11H14N4S. The van der Waals surface area contributed by atoms with Crippen molar-refractivity contribution < 1.29 is 0 Å². The minimum Gasteiger partial charge on any atom is -0.262 e. The van der Waals surface area contributed by atoms with E-state index in [0.29, 0.717) is 0 Å². The molecule has 1 saturated heterocycles. The highest BCUT2D eigenvalue weighted by molar-refractivity contribution is 7.99. The second kappa shape index (κ2) is 4.41. The number of nitrogens with zero attached hydrogens (tertiary/aromatic N) is 4. The van der Waals surface area contributed by atoms with Gasteiger partial charge in [0.05, 0.1) is 11.7 Å². The minimum absolute atomic E-state index is 0.763. The smallest absolute Gasteiger partial charge is 0.131 e. The van der Waals surface area contributed by atoms with E-state index in [9.17, 15) is 0 Å². The van der Waals surface area contributed by atoms with Crippen molar-refractivity contribution in [2.45, 2.75) is 19.4 Å². The molecule has 1 aliphatic rings. The average molecular weight is 234 g/mol. The van der Waals surface area contributed by atoms with Crippen LogP contribution in [0.1, 0.15) is 12.8 Å². The highest BCUT2D eigenvalue weighted by Gasteiger charge is 2.15. The van der Waals surface area contributed by atoms with E-state index >= 15 is 0 Å². The number of thioether (sulfide) groups is 1. The van der Waals surface area contributed by atoms with Crippen molar-refractivity contribution in [2.75, 3.05) is 11.5 Å². The van der Waals surface area contributed by atoms with E-state index in [2.05, 4.69) is 27.1 Å². The molecule has 0 atom stereocenters. The molecule has 1 aliphatic heterocycles. The summed E-state index contributed by atoms with van der Waals surface area (Å²) in [5.41, 5.74) is 2.00. The summed E-state index contributed by atoms with van der Waals surface area (Å²) >= 11 is 2.06. The predicted octanol–water partition coefficient (Wildman–Crippen LogP) is 1.97. The van der Waals surface area contributed by atoms with Gasteiger partial charge in [0.2, 0.25) is 0 Å². The lowest BCUT2D eigenvalue weighted by Crippen LogP contribution is -2.17. The molecule has 0 unspecified atom stereocenters. The lowest BCUT2D eigenvalue weighted by atomic mass is 10.0. The first-order chi connectivity index (χ1) is 7.93. The van der Waals surface area contributed by atoms with Crippen molar-refractivity contribution in [2.24, 2.45) is 5.92 Å². The molecular weight excluding hydrogens is 220 g/mol. The predicted molar refractivity (Wildman–Crippen MR) is 65.4 cm³/mol. The number of fused-ring (bicyclic) bond motifs is 1. The van der Waals surface area contributed by atoms with Crippen LogP contribution in [0.3, 0.4) is 0 Å². The van der Waals surface area contributed by atoms with Crippen LogP contribution in [0.5, 0.6) is 0 Å². The summed E-state index contributed by atoms with van der Waals surface area (Å²) < 4.78 is 2.03. The van der Waals surface area contributed by atoms with Crippen LogP contribution in [-0.2, 0) is 6.54 Å². The van der Waals surface area contributed by atoms with E-state index in [0.717, 1.165) is 23.5 Å². The largest absolute Gasteiger partial charge is 0.262 e. The number of hydrogen-bond acceptors (Lipinski definition) is 4. The first-order valence-electron chi connectivity index (χ1n) is 5.64. The Hall–Kier alpha value is -1.10. The molecule has 84 valence electrons. The Bertz CT molecular complexity index is 476. The van der Waals surface area contributed by atoms with E-state index in [1.54, 1.807) is 12.4 Å². The van der Waals surface area contributed by atoms with Gasteiger partial charge in [0.1, 0.15) is 5.52 Å². The van der Waals surface area contributed by atoms with Crippen molar-refractivity contribution in [3.63, 3.8) is 0 Å². The Kier molecular flexibility index (Phi) is 2.78. The normalized spacial score (nSPS) is 18.0. The van der Waals surface area contributed by atoms with Crippen LogP contribution in [0.2, 0.25) is 0 Å². The second-order valence-corrected chi connectivity index (χ2v) is 5.42. The van der Waals surface area contributed by atoms with Gasteiger partial charge in [-0.3, -0.25) is 4.98 Å². The highest BCUT2D eigenvalue weighted by atomic mass is 32.2. The second-order valence-electron chi connectivity index (χ2n) is 4.19. The van der Waals surface area contributed by atoms with Crippen LogP contribution in [0.4, 0.5) is 0 Å². The van der Waals surface area contributed by atoms with Crippen LogP contribution in [-0.4, -0.2) is 31.5 Å². The summed E-state index contributed by atoms with van der Waals surface area (Å²) in [6, 6.07) is 1.99. The van der Waals surface area contributed by atoms with Crippen molar-refractivity contribution in [3.8, 4) is 0 Å².